The number of carboxylic acid groups (broad SMARTS) is 1. The van der Waals surface area contributed by atoms with E-state index in [2.05, 4.69) is 44.2 Å². The predicted molar refractivity (Wildman–Crippen MR) is 141 cm³/mol. The summed E-state index contributed by atoms with van der Waals surface area (Å²) in [5.41, 5.74) is 6.40. The normalized spacial score (nSPS) is 18.3. The van der Waals surface area contributed by atoms with Crippen LogP contribution in [0.25, 0.3) is 11.1 Å². The van der Waals surface area contributed by atoms with E-state index in [1.165, 1.54) is 22.3 Å². The molecule has 194 valence electrons. The summed E-state index contributed by atoms with van der Waals surface area (Å²) in [6.07, 6.45) is 1.14. The van der Waals surface area contributed by atoms with Crippen molar-refractivity contribution >= 4 is 5.97 Å². The number of carboxylic acids is 1. The van der Waals surface area contributed by atoms with Crippen LogP contribution in [0, 0.1) is 19.8 Å². The number of ether oxygens (including phenoxy) is 4. The molecule has 0 amide bonds. The minimum Gasteiger partial charge on any atom is -0.493 e. The van der Waals surface area contributed by atoms with Crippen molar-refractivity contribution in [1.82, 2.24) is 0 Å². The molecule has 0 saturated carbocycles. The maximum Gasteiger partial charge on any atom is 0.304 e. The Morgan fingerprint density at radius 1 is 0.973 bits per heavy atom. The average Bonchev–Trinajstić information content (AvgIpc) is 3.39. The molecule has 0 aromatic heterocycles. The molecule has 6 nitrogen and oxygen atoms in total. The molecule has 6 heteroatoms. The fraction of sp³-hybridized carbons (Fsp3) is 0.387. The predicted octanol–water partition coefficient (Wildman–Crippen LogP) is 5.71. The second-order valence-corrected chi connectivity index (χ2v) is 10.3. The minimum absolute atomic E-state index is 0.0706. The lowest BCUT2D eigenvalue weighted by Crippen LogP contribution is -2.48. The Kier molecular flexibility index (Phi) is 7.49. The molecular weight excluding hydrogens is 468 g/mol. The highest BCUT2D eigenvalue weighted by Crippen LogP contribution is 2.37. The molecule has 0 spiro atoms. The molecule has 3 aromatic rings. The molecule has 2 aliphatic heterocycles. The number of rotatable bonds is 10. The fourth-order valence-corrected chi connectivity index (χ4v) is 5.16. The third kappa shape index (κ3) is 5.65. The average molecular weight is 503 g/mol. The van der Waals surface area contributed by atoms with Gasteiger partial charge in [0.15, 0.2) is 0 Å². The van der Waals surface area contributed by atoms with Gasteiger partial charge in [0, 0.05) is 12.5 Å². The Morgan fingerprint density at radius 3 is 2.41 bits per heavy atom. The first kappa shape index (κ1) is 25.3. The van der Waals surface area contributed by atoms with Gasteiger partial charge in [0.2, 0.25) is 0 Å². The summed E-state index contributed by atoms with van der Waals surface area (Å²) in [6, 6.07) is 20.3. The zero-order valence-corrected chi connectivity index (χ0v) is 21.5. The van der Waals surface area contributed by atoms with E-state index >= 15 is 0 Å². The van der Waals surface area contributed by atoms with E-state index in [0.29, 0.717) is 32.3 Å². The van der Waals surface area contributed by atoms with Crippen LogP contribution < -0.4 is 9.47 Å². The SMILES string of the molecule is Cc1cc(OCC2CCOC2)ccc1-c1cccc(COc2ccc(C3(CC(=O)O)COC3)cc2)c1C. The van der Waals surface area contributed by atoms with E-state index in [1.807, 2.05) is 30.3 Å². The molecule has 1 atom stereocenters. The van der Waals surface area contributed by atoms with Crippen molar-refractivity contribution in [1.29, 1.82) is 0 Å². The van der Waals surface area contributed by atoms with Crippen LogP contribution in [-0.4, -0.2) is 44.1 Å². The van der Waals surface area contributed by atoms with Crippen LogP contribution in [0.5, 0.6) is 11.5 Å². The maximum absolute atomic E-state index is 11.3. The topological polar surface area (TPSA) is 74.2 Å². The van der Waals surface area contributed by atoms with Crippen molar-refractivity contribution in [2.75, 3.05) is 33.0 Å². The Hall–Kier alpha value is -3.35. The Balaban J connectivity index is 1.25. The summed E-state index contributed by atoms with van der Waals surface area (Å²) in [4.78, 5) is 11.3. The van der Waals surface area contributed by atoms with Crippen molar-refractivity contribution in [3.05, 3.63) is 82.9 Å². The molecule has 2 aliphatic rings. The van der Waals surface area contributed by atoms with Gasteiger partial charge in [-0.05, 0) is 77.9 Å². The summed E-state index contributed by atoms with van der Waals surface area (Å²) in [5, 5.41) is 9.28. The summed E-state index contributed by atoms with van der Waals surface area (Å²) in [6.45, 7) is 7.89. The second-order valence-electron chi connectivity index (χ2n) is 10.3. The summed E-state index contributed by atoms with van der Waals surface area (Å²) in [7, 11) is 0. The molecule has 0 radical (unpaired) electrons. The first-order chi connectivity index (χ1) is 17.9. The van der Waals surface area contributed by atoms with Crippen LogP contribution >= 0.6 is 0 Å². The molecule has 37 heavy (non-hydrogen) atoms. The van der Waals surface area contributed by atoms with Crippen LogP contribution in [0.1, 0.15) is 35.1 Å². The molecule has 3 aromatic carbocycles. The largest absolute Gasteiger partial charge is 0.493 e. The van der Waals surface area contributed by atoms with Crippen molar-refractivity contribution in [2.45, 2.75) is 38.7 Å². The lowest BCUT2D eigenvalue weighted by atomic mass is 9.76. The zero-order chi connectivity index (χ0) is 25.8. The van der Waals surface area contributed by atoms with Gasteiger partial charge < -0.3 is 24.1 Å². The molecule has 2 saturated heterocycles. The number of hydrogen-bond donors (Lipinski definition) is 1. The van der Waals surface area contributed by atoms with E-state index in [9.17, 15) is 9.90 Å². The number of benzene rings is 3. The molecule has 0 aliphatic carbocycles. The molecule has 1 N–H and O–H groups in total. The standard InChI is InChI=1S/C31H34O6/c1-21-14-27(36-17-23-12-13-34-16-23)10-11-28(21)29-5-3-4-24(22(29)2)18-37-26-8-6-25(7-9-26)31(15-30(32)33)19-35-20-31/h3-11,14,23H,12-13,15-20H2,1-2H3,(H,32,33). The van der Waals surface area contributed by atoms with Crippen LogP contribution in [0.2, 0.25) is 0 Å². The molecule has 2 fully saturated rings. The van der Waals surface area contributed by atoms with E-state index < -0.39 is 11.4 Å². The molecular formula is C31H34O6. The van der Waals surface area contributed by atoms with E-state index in [0.717, 1.165) is 42.3 Å². The van der Waals surface area contributed by atoms with Crippen molar-refractivity contribution in [3.8, 4) is 22.6 Å². The van der Waals surface area contributed by atoms with E-state index in [4.69, 9.17) is 18.9 Å². The Bertz CT molecular complexity index is 1240. The number of carbonyl (C=O) groups is 1. The number of aliphatic carboxylic acids is 1. The van der Waals surface area contributed by atoms with Crippen LogP contribution in [0.4, 0.5) is 0 Å². The zero-order valence-electron chi connectivity index (χ0n) is 21.5. The monoisotopic (exact) mass is 502 g/mol. The Morgan fingerprint density at radius 2 is 1.76 bits per heavy atom. The van der Waals surface area contributed by atoms with Crippen molar-refractivity contribution < 1.29 is 28.8 Å². The van der Waals surface area contributed by atoms with Gasteiger partial charge in [-0.3, -0.25) is 4.79 Å². The van der Waals surface area contributed by atoms with Gasteiger partial charge in [-0.2, -0.15) is 0 Å². The summed E-state index contributed by atoms with van der Waals surface area (Å²) >= 11 is 0. The van der Waals surface area contributed by atoms with Gasteiger partial charge in [-0.1, -0.05) is 36.4 Å². The van der Waals surface area contributed by atoms with Crippen molar-refractivity contribution in [2.24, 2.45) is 5.92 Å². The van der Waals surface area contributed by atoms with Crippen molar-refractivity contribution in [3.63, 3.8) is 0 Å². The third-order valence-electron chi connectivity index (χ3n) is 7.55. The highest BCUT2D eigenvalue weighted by atomic mass is 16.5. The second kappa shape index (κ2) is 11.0. The minimum atomic E-state index is -0.810. The molecule has 2 heterocycles. The lowest BCUT2D eigenvalue weighted by molar-refractivity contribution is -0.145. The quantitative estimate of drug-likeness (QED) is 0.383. The van der Waals surface area contributed by atoms with Crippen LogP contribution in [-0.2, 0) is 26.3 Å². The van der Waals surface area contributed by atoms with Gasteiger partial charge in [-0.15, -0.1) is 0 Å². The first-order valence-electron chi connectivity index (χ1n) is 12.9. The van der Waals surface area contributed by atoms with Crippen LogP contribution in [0.15, 0.2) is 60.7 Å². The van der Waals surface area contributed by atoms with Gasteiger partial charge in [0.25, 0.3) is 0 Å². The van der Waals surface area contributed by atoms with Gasteiger partial charge in [-0.25, -0.2) is 0 Å². The third-order valence-corrected chi connectivity index (χ3v) is 7.55. The van der Waals surface area contributed by atoms with Gasteiger partial charge >= 0.3 is 5.97 Å². The number of hydrogen-bond acceptors (Lipinski definition) is 5. The Labute approximate surface area is 218 Å². The maximum atomic E-state index is 11.3. The van der Waals surface area contributed by atoms with E-state index in [1.54, 1.807) is 0 Å². The van der Waals surface area contributed by atoms with Gasteiger partial charge in [0.05, 0.1) is 38.3 Å². The smallest absolute Gasteiger partial charge is 0.304 e. The molecule has 1 unspecified atom stereocenters. The van der Waals surface area contributed by atoms with Crippen LogP contribution in [0.3, 0.4) is 0 Å². The molecule has 5 rings (SSSR count). The number of aryl methyl sites for hydroxylation is 1. The molecule has 0 bridgehead atoms. The first-order valence-corrected chi connectivity index (χ1v) is 12.9. The highest BCUT2D eigenvalue weighted by molar-refractivity contribution is 5.72. The van der Waals surface area contributed by atoms with E-state index in [-0.39, 0.29) is 6.42 Å². The highest BCUT2D eigenvalue weighted by Gasteiger charge is 2.42. The summed E-state index contributed by atoms with van der Waals surface area (Å²) < 4.78 is 22.9. The summed E-state index contributed by atoms with van der Waals surface area (Å²) in [5.74, 6) is 1.32. The lowest BCUT2D eigenvalue weighted by Gasteiger charge is -2.40. The van der Waals surface area contributed by atoms with Gasteiger partial charge in [0.1, 0.15) is 18.1 Å². The fourth-order valence-electron chi connectivity index (χ4n) is 5.16.